The normalized spacial score (nSPS) is 22.6. The van der Waals surface area contributed by atoms with Crippen molar-refractivity contribution < 1.29 is 4.79 Å². The first-order chi connectivity index (χ1) is 10.2. The van der Waals surface area contributed by atoms with Crippen molar-refractivity contribution in [3.8, 4) is 0 Å². The highest BCUT2D eigenvalue weighted by atomic mass is 16.1. The second kappa shape index (κ2) is 6.58. The summed E-state index contributed by atoms with van der Waals surface area (Å²) in [6, 6.07) is 6.60. The molecule has 0 bridgehead atoms. The Morgan fingerprint density at radius 3 is 3.14 bits per heavy atom. The standard InChI is InChI=1S/C17H25N3O/c1-20-9-3-2-4-16(20)12-19-17(21)14-6-5-13-7-8-18-11-15(13)10-14/h5-6,10,16,18H,2-4,7-9,11-12H2,1H3,(H,19,21). The fourth-order valence-corrected chi connectivity index (χ4v) is 3.34. The smallest absolute Gasteiger partial charge is 0.251 e. The fraction of sp³-hybridized carbons (Fsp3) is 0.588. The molecule has 21 heavy (non-hydrogen) atoms. The van der Waals surface area contributed by atoms with E-state index in [9.17, 15) is 4.79 Å². The number of rotatable bonds is 3. The number of fused-ring (bicyclic) bond motifs is 1. The van der Waals surface area contributed by atoms with Crippen molar-refractivity contribution in [3.63, 3.8) is 0 Å². The van der Waals surface area contributed by atoms with Crippen LogP contribution in [0, 0.1) is 0 Å². The van der Waals surface area contributed by atoms with E-state index in [4.69, 9.17) is 0 Å². The molecule has 1 saturated heterocycles. The van der Waals surface area contributed by atoms with Crippen molar-refractivity contribution in [3.05, 3.63) is 34.9 Å². The molecule has 0 aromatic heterocycles. The number of piperidine rings is 1. The zero-order valence-corrected chi connectivity index (χ0v) is 12.8. The lowest BCUT2D eigenvalue weighted by atomic mass is 9.98. The molecule has 1 amide bonds. The van der Waals surface area contributed by atoms with Gasteiger partial charge in [-0.05, 0) is 62.7 Å². The van der Waals surface area contributed by atoms with Crippen LogP contribution in [0.4, 0.5) is 0 Å². The molecule has 1 atom stereocenters. The van der Waals surface area contributed by atoms with Crippen molar-refractivity contribution in [2.24, 2.45) is 0 Å². The summed E-state index contributed by atoms with van der Waals surface area (Å²) in [7, 11) is 2.15. The second-order valence-corrected chi connectivity index (χ2v) is 6.25. The maximum atomic E-state index is 12.3. The van der Waals surface area contributed by atoms with Gasteiger partial charge in [-0.2, -0.15) is 0 Å². The molecule has 1 aromatic carbocycles. The molecule has 2 aliphatic rings. The molecule has 4 nitrogen and oxygen atoms in total. The molecule has 2 heterocycles. The number of carbonyl (C=O) groups excluding carboxylic acids is 1. The summed E-state index contributed by atoms with van der Waals surface area (Å²) in [4.78, 5) is 14.7. The predicted molar refractivity (Wildman–Crippen MR) is 84.5 cm³/mol. The molecular weight excluding hydrogens is 262 g/mol. The Balaban J connectivity index is 1.60. The zero-order chi connectivity index (χ0) is 14.7. The summed E-state index contributed by atoms with van der Waals surface area (Å²) >= 11 is 0. The van der Waals surface area contributed by atoms with Crippen LogP contribution in [0.3, 0.4) is 0 Å². The first-order valence-corrected chi connectivity index (χ1v) is 8.05. The van der Waals surface area contributed by atoms with Gasteiger partial charge in [0, 0.05) is 24.7 Å². The minimum atomic E-state index is 0.0577. The molecular formula is C17H25N3O. The number of nitrogens with zero attached hydrogens (tertiary/aromatic N) is 1. The van der Waals surface area contributed by atoms with Crippen molar-refractivity contribution >= 4 is 5.91 Å². The van der Waals surface area contributed by atoms with E-state index in [0.717, 1.165) is 38.2 Å². The Bertz CT molecular complexity index is 515. The summed E-state index contributed by atoms with van der Waals surface area (Å²) in [5.74, 6) is 0.0577. The van der Waals surface area contributed by atoms with Gasteiger partial charge < -0.3 is 15.5 Å². The number of likely N-dealkylation sites (N-methyl/N-ethyl adjacent to an activating group) is 1. The van der Waals surface area contributed by atoms with Crippen molar-refractivity contribution in [2.75, 3.05) is 26.7 Å². The highest BCUT2D eigenvalue weighted by Gasteiger charge is 2.20. The highest BCUT2D eigenvalue weighted by molar-refractivity contribution is 5.94. The van der Waals surface area contributed by atoms with Gasteiger partial charge in [0.2, 0.25) is 0 Å². The van der Waals surface area contributed by atoms with Crippen LogP contribution >= 0.6 is 0 Å². The van der Waals surface area contributed by atoms with Crippen LogP contribution in [0.15, 0.2) is 18.2 Å². The largest absolute Gasteiger partial charge is 0.350 e. The van der Waals surface area contributed by atoms with Gasteiger partial charge in [-0.1, -0.05) is 12.5 Å². The van der Waals surface area contributed by atoms with Crippen LogP contribution in [-0.2, 0) is 13.0 Å². The maximum Gasteiger partial charge on any atom is 0.251 e. The summed E-state index contributed by atoms with van der Waals surface area (Å²) in [6.45, 7) is 3.81. The molecule has 1 unspecified atom stereocenters. The van der Waals surface area contributed by atoms with Crippen LogP contribution < -0.4 is 10.6 Å². The van der Waals surface area contributed by atoms with E-state index in [-0.39, 0.29) is 5.91 Å². The van der Waals surface area contributed by atoms with E-state index in [0.29, 0.717) is 6.04 Å². The summed E-state index contributed by atoms with van der Waals surface area (Å²) in [5, 5.41) is 6.46. The minimum absolute atomic E-state index is 0.0577. The number of carbonyl (C=O) groups is 1. The lowest BCUT2D eigenvalue weighted by Gasteiger charge is -2.32. The molecule has 114 valence electrons. The fourth-order valence-electron chi connectivity index (χ4n) is 3.34. The Kier molecular flexibility index (Phi) is 4.56. The molecule has 4 heteroatoms. The van der Waals surface area contributed by atoms with E-state index in [1.54, 1.807) is 0 Å². The lowest BCUT2D eigenvalue weighted by Crippen LogP contribution is -2.44. The van der Waals surface area contributed by atoms with Crippen LogP contribution in [0.25, 0.3) is 0 Å². The monoisotopic (exact) mass is 287 g/mol. The molecule has 0 aliphatic carbocycles. The van der Waals surface area contributed by atoms with Gasteiger partial charge in [0.05, 0.1) is 0 Å². The summed E-state index contributed by atoms with van der Waals surface area (Å²) in [5.41, 5.74) is 3.43. The molecule has 3 rings (SSSR count). The molecule has 1 aromatic rings. The van der Waals surface area contributed by atoms with Crippen molar-refractivity contribution in [1.29, 1.82) is 0 Å². The third kappa shape index (κ3) is 3.44. The van der Waals surface area contributed by atoms with Crippen LogP contribution in [-0.4, -0.2) is 43.5 Å². The number of benzene rings is 1. The van der Waals surface area contributed by atoms with Gasteiger partial charge in [0.15, 0.2) is 0 Å². The Hall–Kier alpha value is -1.39. The van der Waals surface area contributed by atoms with E-state index in [1.807, 2.05) is 12.1 Å². The number of amides is 1. The second-order valence-electron chi connectivity index (χ2n) is 6.25. The lowest BCUT2D eigenvalue weighted by molar-refractivity contribution is 0.0928. The Labute approximate surface area is 126 Å². The van der Waals surface area contributed by atoms with Gasteiger partial charge in [0.1, 0.15) is 0 Å². The number of nitrogens with one attached hydrogen (secondary N) is 2. The van der Waals surface area contributed by atoms with Gasteiger partial charge in [-0.25, -0.2) is 0 Å². The van der Waals surface area contributed by atoms with E-state index < -0.39 is 0 Å². The van der Waals surface area contributed by atoms with Gasteiger partial charge in [-0.3, -0.25) is 4.79 Å². The van der Waals surface area contributed by atoms with Crippen molar-refractivity contribution in [2.45, 2.75) is 38.3 Å². The molecule has 0 spiro atoms. The Morgan fingerprint density at radius 2 is 2.29 bits per heavy atom. The summed E-state index contributed by atoms with van der Waals surface area (Å²) in [6.07, 6.45) is 4.79. The number of hydrogen-bond acceptors (Lipinski definition) is 3. The first-order valence-electron chi connectivity index (χ1n) is 8.05. The van der Waals surface area contributed by atoms with E-state index in [2.05, 4.69) is 28.6 Å². The average Bonchev–Trinajstić information content (AvgIpc) is 2.53. The predicted octanol–water partition coefficient (Wildman–Crippen LogP) is 1.55. The quantitative estimate of drug-likeness (QED) is 0.886. The number of likely N-dealkylation sites (tertiary alicyclic amines) is 1. The van der Waals surface area contributed by atoms with E-state index in [1.165, 1.54) is 30.4 Å². The van der Waals surface area contributed by atoms with Gasteiger partial charge in [0.25, 0.3) is 5.91 Å². The maximum absolute atomic E-state index is 12.3. The Morgan fingerprint density at radius 1 is 1.38 bits per heavy atom. The molecule has 2 aliphatic heterocycles. The number of hydrogen-bond donors (Lipinski definition) is 2. The SMILES string of the molecule is CN1CCCCC1CNC(=O)c1ccc2c(c1)CNCC2. The van der Waals surface area contributed by atoms with Crippen LogP contribution in [0.2, 0.25) is 0 Å². The third-order valence-electron chi connectivity index (χ3n) is 4.77. The molecule has 0 radical (unpaired) electrons. The zero-order valence-electron chi connectivity index (χ0n) is 12.8. The molecule has 2 N–H and O–H groups in total. The van der Waals surface area contributed by atoms with Crippen molar-refractivity contribution in [1.82, 2.24) is 15.5 Å². The molecule has 0 saturated carbocycles. The summed E-state index contributed by atoms with van der Waals surface area (Å²) < 4.78 is 0. The highest BCUT2D eigenvalue weighted by Crippen LogP contribution is 2.17. The van der Waals surface area contributed by atoms with Gasteiger partial charge >= 0.3 is 0 Å². The van der Waals surface area contributed by atoms with E-state index >= 15 is 0 Å². The average molecular weight is 287 g/mol. The topological polar surface area (TPSA) is 44.4 Å². The van der Waals surface area contributed by atoms with Gasteiger partial charge in [-0.15, -0.1) is 0 Å². The van der Waals surface area contributed by atoms with Crippen LogP contribution in [0.5, 0.6) is 0 Å². The van der Waals surface area contributed by atoms with Crippen LogP contribution in [0.1, 0.15) is 40.7 Å². The first kappa shape index (κ1) is 14.5. The molecule has 1 fully saturated rings. The third-order valence-corrected chi connectivity index (χ3v) is 4.77. The minimum Gasteiger partial charge on any atom is -0.350 e.